The number of rotatable bonds is 5. The van der Waals surface area contributed by atoms with Crippen LogP contribution in [-0.4, -0.2) is 75.0 Å². The van der Waals surface area contributed by atoms with Crippen molar-refractivity contribution in [2.24, 2.45) is 0 Å². The molecule has 0 radical (unpaired) electrons. The number of carbonyl (C=O) groups is 2. The van der Waals surface area contributed by atoms with Crippen LogP contribution in [0.1, 0.15) is 23.9 Å². The first kappa shape index (κ1) is 17.9. The zero-order chi connectivity index (χ0) is 18.0. The van der Waals surface area contributed by atoms with Gasteiger partial charge >= 0.3 is 11.9 Å². The number of cyclic esters (lactones) is 1. The maximum Gasteiger partial charge on any atom is 0.374 e. The van der Waals surface area contributed by atoms with Crippen LogP contribution in [0.3, 0.4) is 0 Å². The molecule has 0 spiro atoms. The summed E-state index contributed by atoms with van der Waals surface area (Å²) in [6.45, 7) is 3.58. The monoisotopic (exact) mass is 372 g/mol. The Balaban J connectivity index is 1.66. The predicted molar refractivity (Wildman–Crippen MR) is 84.4 cm³/mol. The molecule has 1 aromatic rings. The number of hydrogen-bond acceptors (Lipinski definition) is 8. The number of carbonyl (C=O) groups excluding carboxylic acids is 2. The molecule has 0 aliphatic carbocycles. The molecule has 3 heterocycles. The molecule has 0 saturated carbocycles. The quantitative estimate of drug-likeness (QED) is 0.669. The third-order valence-electron chi connectivity index (χ3n) is 4.27. The third kappa shape index (κ3) is 3.55. The minimum absolute atomic E-state index is 0.146. The summed E-state index contributed by atoms with van der Waals surface area (Å²) in [4.78, 5) is 25.2. The van der Waals surface area contributed by atoms with Crippen LogP contribution < -0.4 is 0 Å². The SMILES string of the molecule is CCOC(=O)c1ccc(S(=O)(=O)N2CCN([C@H]3CCOC3=O)CC2)o1. The summed E-state index contributed by atoms with van der Waals surface area (Å²) in [7, 11) is -3.83. The van der Waals surface area contributed by atoms with E-state index in [0.29, 0.717) is 26.1 Å². The van der Waals surface area contributed by atoms with Crippen molar-refractivity contribution >= 4 is 22.0 Å². The highest BCUT2D eigenvalue weighted by Gasteiger charge is 2.37. The summed E-state index contributed by atoms with van der Waals surface area (Å²) >= 11 is 0. The van der Waals surface area contributed by atoms with Crippen molar-refractivity contribution in [1.29, 1.82) is 0 Å². The predicted octanol–water partition coefficient (Wildman–Crippen LogP) is 0.0781. The summed E-state index contributed by atoms with van der Waals surface area (Å²) in [5.41, 5.74) is 0. The zero-order valence-corrected chi connectivity index (χ0v) is 14.7. The summed E-state index contributed by atoms with van der Waals surface area (Å²) in [5, 5.41) is -0.288. The smallest absolute Gasteiger partial charge is 0.374 e. The lowest BCUT2D eigenvalue weighted by Crippen LogP contribution is -2.52. The Labute approximate surface area is 145 Å². The van der Waals surface area contributed by atoms with Crippen molar-refractivity contribution in [3.05, 3.63) is 17.9 Å². The molecule has 2 aliphatic heterocycles. The van der Waals surface area contributed by atoms with E-state index in [2.05, 4.69) is 0 Å². The van der Waals surface area contributed by atoms with Crippen LogP contribution in [0.15, 0.2) is 21.6 Å². The average Bonchev–Trinajstić information content (AvgIpc) is 3.24. The van der Waals surface area contributed by atoms with E-state index in [0.717, 1.165) is 0 Å². The normalized spacial score (nSPS) is 22.8. The van der Waals surface area contributed by atoms with Gasteiger partial charge in [-0.15, -0.1) is 0 Å². The van der Waals surface area contributed by atoms with E-state index in [4.69, 9.17) is 13.9 Å². The fourth-order valence-electron chi connectivity index (χ4n) is 2.97. The van der Waals surface area contributed by atoms with Crippen LogP contribution in [0.2, 0.25) is 0 Å². The molecule has 2 saturated heterocycles. The number of nitrogens with zero attached hydrogens (tertiary/aromatic N) is 2. The van der Waals surface area contributed by atoms with Gasteiger partial charge in [-0.1, -0.05) is 0 Å². The van der Waals surface area contributed by atoms with Crippen molar-refractivity contribution in [1.82, 2.24) is 9.21 Å². The highest BCUT2D eigenvalue weighted by molar-refractivity contribution is 7.89. The summed E-state index contributed by atoms with van der Waals surface area (Å²) in [6, 6.07) is 2.25. The van der Waals surface area contributed by atoms with E-state index < -0.39 is 16.0 Å². The van der Waals surface area contributed by atoms with Crippen molar-refractivity contribution < 1.29 is 31.9 Å². The number of hydrogen-bond donors (Lipinski definition) is 0. The fraction of sp³-hybridized carbons (Fsp3) is 0.600. The molecular weight excluding hydrogens is 352 g/mol. The second-order valence-electron chi connectivity index (χ2n) is 5.75. The highest BCUT2D eigenvalue weighted by atomic mass is 32.2. The van der Waals surface area contributed by atoms with Crippen LogP contribution in [-0.2, 0) is 24.3 Å². The first-order valence-electron chi connectivity index (χ1n) is 8.11. The van der Waals surface area contributed by atoms with Crippen molar-refractivity contribution in [3.8, 4) is 0 Å². The van der Waals surface area contributed by atoms with Gasteiger partial charge in [0.05, 0.1) is 13.2 Å². The van der Waals surface area contributed by atoms with Gasteiger partial charge < -0.3 is 13.9 Å². The van der Waals surface area contributed by atoms with Crippen molar-refractivity contribution in [3.63, 3.8) is 0 Å². The summed E-state index contributed by atoms with van der Waals surface area (Å²) in [5.74, 6) is -1.09. The molecule has 0 bridgehead atoms. The lowest BCUT2D eigenvalue weighted by atomic mass is 10.2. The Morgan fingerprint density at radius 2 is 2.00 bits per heavy atom. The van der Waals surface area contributed by atoms with Crippen molar-refractivity contribution in [2.75, 3.05) is 39.4 Å². The zero-order valence-electron chi connectivity index (χ0n) is 13.8. The number of esters is 2. The van der Waals surface area contributed by atoms with Crippen LogP contribution in [0, 0.1) is 0 Å². The lowest BCUT2D eigenvalue weighted by Gasteiger charge is -2.35. The molecule has 1 atom stereocenters. The molecule has 10 heteroatoms. The average molecular weight is 372 g/mol. The standard InChI is InChI=1S/C15H20N2O7S/c1-2-22-15(19)12-3-4-13(24-12)25(20,21)17-8-6-16(7-9-17)11-5-10-23-14(11)18/h3-4,11H,2,5-10H2,1H3/t11-/m0/s1. The maximum absolute atomic E-state index is 12.6. The van der Waals surface area contributed by atoms with E-state index in [-0.39, 0.29) is 42.6 Å². The molecule has 9 nitrogen and oxygen atoms in total. The van der Waals surface area contributed by atoms with Gasteiger partial charge in [-0.25, -0.2) is 13.2 Å². The Morgan fingerprint density at radius 3 is 2.60 bits per heavy atom. The van der Waals surface area contributed by atoms with E-state index in [1.54, 1.807) is 6.92 Å². The minimum Gasteiger partial charge on any atom is -0.464 e. The number of sulfonamides is 1. The van der Waals surface area contributed by atoms with Crippen LogP contribution in [0.4, 0.5) is 0 Å². The molecule has 138 valence electrons. The summed E-state index contributed by atoms with van der Waals surface area (Å²) < 4.78 is 41.5. The van der Waals surface area contributed by atoms with E-state index in [9.17, 15) is 18.0 Å². The van der Waals surface area contributed by atoms with Crippen LogP contribution in [0.25, 0.3) is 0 Å². The molecule has 0 aromatic carbocycles. The van der Waals surface area contributed by atoms with E-state index in [1.807, 2.05) is 4.90 Å². The van der Waals surface area contributed by atoms with Gasteiger partial charge in [0.1, 0.15) is 6.04 Å². The van der Waals surface area contributed by atoms with Crippen LogP contribution in [0.5, 0.6) is 0 Å². The van der Waals surface area contributed by atoms with E-state index in [1.165, 1.54) is 16.4 Å². The molecule has 3 rings (SSSR count). The minimum atomic E-state index is -3.83. The van der Waals surface area contributed by atoms with Gasteiger partial charge in [0.25, 0.3) is 10.0 Å². The molecule has 25 heavy (non-hydrogen) atoms. The maximum atomic E-state index is 12.6. The Morgan fingerprint density at radius 1 is 1.28 bits per heavy atom. The largest absolute Gasteiger partial charge is 0.464 e. The third-order valence-corrected chi connectivity index (χ3v) is 6.05. The van der Waals surface area contributed by atoms with Gasteiger partial charge in [0, 0.05) is 32.6 Å². The van der Waals surface area contributed by atoms with Crippen LogP contribution >= 0.6 is 0 Å². The van der Waals surface area contributed by atoms with Gasteiger partial charge in [-0.3, -0.25) is 9.69 Å². The molecule has 2 aliphatic rings. The lowest BCUT2D eigenvalue weighted by molar-refractivity contribution is -0.142. The molecule has 0 unspecified atom stereocenters. The number of furan rings is 1. The number of ether oxygens (including phenoxy) is 2. The fourth-order valence-corrected chi connectivity index (χ4v) is 4.30. The Bertz CT molecular complexity index is 750. The molecule has 1 aromatic heterocycles. The Hall–Kier alpha value is -1.91. The molecule has 0 amide bonds. The Kier molecular flexibility index (Phi) is 5.11. The molecular formula is C15H20N2O7S. The van der Waals surface area contributed by atoms with E-state index >= 15 is 0 Å². The topological polar surface area (TPSA) is 106 Å². The molecule has 2 fully saturated rings. The van der Waals surface area contributed by atoms with Gasteiger partial charge in [0.15, 0.2) is 0 Å². The molecule has 0 N–H and O–H groups in total. The van der Waals surface area contributed by atoms with Gasteiger partial charge in [-0.05, 0) is 19.1 Å². The summed E-state index contributed by atoms with van der Waals surface area (Å²) in [6.07, 6.45) is 0.632. The highest BCUT2D eigenvalue weighted by Crippen LogP contribution is 2.23. The first-order chi connectivity index (χ1) is 11.9. The van der Waals surface area contributed by atoms with Gasteiger partial charge in [0.2, 0.25) is 10.9 Å². The first-order valence-corrected chi connectivity index (χ1v) is 9.55. The van der Waals surface area contributed by atoms with Gasteiger partial charge in [-0.2, -0.15) is 4.31 Å². The van der Waals surface area contributed by atoms with Crippen molar-refractivity contribution in [2.45, 2.75) is 24.5 Å². The second kappa shape index (κ2) is 7.14. The number of piperazine rings is 1. The second-order valence-corrected chi connectivity index (χ2v) is 7.62.